The number of sulfonamides is 1. The van der Waals surface area contributed by atoms with Gasteiger partial charge in [0.2, 0.25) is 0 Å². The van der Waals surface area contributed by atoms with Crippen molar-refractivity contribution in [2.45, 2.75) is 55.6 Å². The lowest BCUT2D eigenvalue weighted by molar-refractivity contribution is -0.152. The molecule has 3 aromatic heterocycles. The Morgan fingerprint density at radius 3 is 2.43 bits per heavy atom. The predicted molar refractivity (Wildman–Crippen MR) is 182 cm³/mol. The number of hydrogen-bond acceptors (Lipinski definition) is 9. The van der Waals surface area contributed by atoms with Crippen LogP contribution in [0, 0.1) is 11.6 Å². The Balaban J connectivity index is 1.25. The number of rotatable bonds is 10. The van der Waals surface area contributed by atoms with E-state index in [1.807, 2.05) is 4.72 Å². The van der Waals surface area contributed by atoms with Crippen molar-refractivity contribution in [3.05, 3.63) is 123 Å². The van der Waals surface area contributed by atoms with Gasteiger partial charge in [-0.05, 0) is 62.1 Å². The number of pyridine rings is 2. The molecule has 1 aliphatic carbocycles. The molecule has 1 aliphatic rings. The maximum atomic E-state index is 15.3. The quantitative estimate of drug-likeness (QED) is 0.204. The first kappa shape index (κ1) is 35.1. The monoisotopic (exact) mass is 718 g/mol. The molecule has 0 aliphatic heterocycles. The van der Waals surface area contributed by atoms with Crippen LogP contribution in [-0.2, 0) is 33.0 Å². The Morgan fingerprint density at radius 2 is 1.73 bits per heavy atom. The number of halogens is 2. The van der Waals surface area contributed by atoms with Crippen LogP contribution < -0.4 is 21.3 Å². The lowest BCUT2D eigenvalue weighted by atomic mass is 9.97. The molecule has 2 aromatic carbocycles. The maximum Gasteiger partial charge on any atom is 0.335 e. The molecule has 1 fully saturated rings. The van der Waals surface area contributed by atoms with Crippen LogP contribution >= 0.6 is 0 Å². The Kier molecular flexibility index (Phi) is 10.0. The molecular formula is C35H32F2N6O7S. The fourth-order valence-electron chi connectivity index (χ4n) is 5.86. The van der Waals surface area contributed by atoms with Gasteiger partial charge in [-0.15, -0.1) is 0 Å². The molecule has 0 unspecified atom stereocenters. The van der Waals surface area contributed by atoms with Gasteiger partial charge in [0.25, 0.3) is 21.5 Å². The number of nitrogens with one attached hydrogen (secondary N) is 2. The highest BCUT2D eigenvalue weighted by Crippen LogP contribution is 2.24. The summed E-state index contributed by atoms with van der Waals surface area (Å²) in [6.07, 6.45) is 7.44. The van der Waals surface area contributed by atoms with Gasteiger partial charge in [0.1, 0.15) is 23.8 Å². The van der Waals surface area contributed by atoms with Gasteiger partial charge in [-0.2, -0.15) is 0 Å². The third-order valence-corrected chi connectivity index (χ3v) is 9.96. The highest BCUT2D eigenvalue weighted by atomic mass is 32.2. The molecule has 0 bridgehead atoms. The molecule has 0 spiro atoms. The first-order valence-corrected chi connectivity index (χ1v) is 17.5. The maximum absolute atomic E-state index is 15.3. The Bertz CT molecular complexity index is 2340. The van der Waals surface area contributed by atoms with Crippen molar-refractivity contribution in [3.63, 3.8) is 0 Å². The summed E-state index contributed by atoms with van der Waals surface area (Å²) in [5.41, 5.74) is -1.98. The molecular weight excluding hydrogens is 686 g/mol. The van der Waals surface area contributed by atoms with Crippen LogP contribution in [0.3, 0.4) is 0 Å². The third kappa shape index (κ3) is 7.55. The topological polar surface area (TPSA) is 171 Å². The fourth-order valence-corrected chi connectivity index (χ4v) is 6.94. The van der Waals surface area contributed by atoms with E-state index in [0.717, 1.165) is 23.8 Å². The van der Waals surface area contributed by atoms with Crippen molar-refractivity contribution in [2.75, 3.05) is 4.72 Å². The minimum absolute atomic E-state index is 0.147. The van der Waals surface area contributed by atoms with E-state index < -0.39 is 68.2 Å². The highest BCUT2D eigenvalue weighted by molar-refractivity contribution is 7.92. The van der Waals surface area contributed by atoms with Crippen molar-refractivity contribution in [1.82, 2.24) is 24.4 Å². The molecule has 3 heterocycles. The van der Waals surface area contributed by atoms with Crippen LogP contribution in [-0.4, -0.2) is 51.5 Å². The van der Waals surface area contributed by atoms with Gasteiger partial charge in [0, 0.05) is 31.4 Å². The Labute approximate surface area is 290 Å². The first-order chi connectivity index (χ1) is 24.4. The summed E-state index contributed by atoms with van der Waals surface area (Å²) in [4.78, 5) is 61.1. The van der Waals surface area contributed by atoms with Gasteiger partial charge in [-0.3, -0.25) is 28.8 Å². The number of fused-ring (bicyclic) bond motifs is 1. The van der Waals surface area contributed by atoms with Gasteiger partial charge < -0.3 is 10.1 Å². The molecule has 1 atom stereocenters. The molecule has 13 nitrogen and oxygen atoms in total. The van der Waals surface area contributed by atoms with Gasteiger partial charge in [-0.1, -0.05) is 24.6 Å². The number of carbonyl (C=O) groups excluding carboxylic acids is 2. The average molecular weight is 719 g/mol. The van der Waals surface area contributed by atoms with Crippen molar-refractivity contribution >= 4 is 38.5 Å². The number of amides is 1. The summed E-state index contributed by atoms with van der Waals surface area (Å²) in [6.45, 7) is 0. The minimum Gasteiger partial charge on any atom is -0.461 e. The number of benzene rings is 2. The Morgan fingerprint density at radius 1 is 0.980 bits per heavy atom. The first-order valence-electron chi connectivity index (χ1n) is 16.0. The van der Waals surface area contributed by atoms with E-state index in [9.17, 15) is 27.6 Å². The smallest absolute Gasteiger partial charge is 0.335 e. The number of esters is 1. The fraction of sp³-hybridized carbons (Fsp3) is 0.257. The summed E-state index contributed by atoms with van der Waals surface area (Å²) in [6, 6.07) is 11.1. The summed E-state index contributed by atoms with van der Waals surface area (Å²) >= 11 is 0. The number of hydrogen-bond donors (Lipinski definition) is 2. The number of anilines is 1. The zero-order valence-corrected chi connectivity index (χ0v) is 28.0. The van der Waals surface area contributed by atoms with Crippen LogP contribution in [0.4, 0.5) is 14.5 Å². The van der Waals surface area contributed by atoms with E-state index in [0.29, 0.717) is 30.5 Å². The van der Waals surface area contributed by atoms with Gasteiger partial charge >= 0.3 is 11.7 Å². The second kappa shape index (κ2) is 14.6. The standard InChI is InChI=1S/C35H32F2N6O7S/c1-42-31-20-38-15-14-25(31)33(45)43(35(42)47)22-13-12-21(39-19-22)16-30(34(46)50-23-8-4-2-5-9-23)40-32(44)26-17-28(37)29(18-27(26)36)41-51(48,49)24-10-6-3-7-11-24/h3,6-7,10-15,17-20,23,30,41H,2,4-5,8-9,16H2,1H3,(H,40,44)/t30-/m0/s1. The van der Waals surface area contributed by atoms with Crippen molar-refractivity contribution in [3.8, 4) is 5.69 Å². The van der Waals surface area contributed by atoms with Crippen molar-refractivity contribution in [2.24, 2.45) is 7.05 Å². The molecule has 1 saturated carbocycles. The number of aromatic nitrogens is 4. The van der Waals surface area contributed by atoms with Crippen LogP contribution in [0.1, 0.15) is 48.2 Å². The van der Waals surface area contributed by atoms with Crippen molar-refractivity contribution in [1.29, 1.82) is 0 Å². The molecule has 51 heavy (non-hydrogen) atoms. The van der Waals surface area contributed by atoms with E-state index in [2.05, 4.69) is 15.3 Å². The molecule has 2 N–H and O–H groups in total. The minimum atomic E-state index is -4.27. The molecule has 16 heteroatoms. The number of ether oxygens (including phenoxy) is 1. The van der Waals surface area contributed by atoms with Gasteiger partial charge in [0.15, 0.2) is 0 Å². The van der Waals surface area contributed by atoms with E-state index in [4.69, 9.17) is 4.74 Å². The third-order valence-electron chi connectivity index (χ3n) is 8.58. The largest absolute Gasteiger partial charge is 0.461 e. The number of carbonyl (C=O) groups is 2. The highest BCUT2D eigenvalue weighted by Gasteiger charge is 2.29. The average Bonchev–Trinajstić information content (AvgIpc) is 3.13. The number of aryl methyl sites for hydroxylation is 1. The molecule has 0 saturated heterocycles. The summed E-state index contributed by atoms with van der Waals surface area (Å²) < 4.78 is 65.6. The number of nitrogens with zero attached hydrogens (tertiary/aromatic N) is 4. The second-order valence-corrected chi connectivity index (χ2v) is 13.7. The van der Waals surface area contributed by atoms with Crippen LogP contribution in [0.15, 0.2) is 93.7 Å². The lowest BCUT2D eigenvalue weighted by Crippen LogP contribution is -2.45. The summed E-state index contributed by atoms with van der Waals surface area (Å²) in [5.74, 6) is -4.46. The predicted octanol–water partition coefficient (Wildman–Crippen LogP) is 3.78. The zero-order valence-electron chi connectivity index (χ0n) is 27.2. The molecule has 264 valence electrons. The molecule has 1 amide bonds. The van der Waals surface area contributed by atoms with Gasteiger partial charge in [0.05, 0.1) is 45.1 Å². The normalized spacial score (nSPS) is 14.2. The summed E-state index contributed by atoms with van der Waals surface area (Å²) in [5, 5.41) is 2.67. The molecule has 5 aromatic rings. The zero-order chi connectivity index (χ0) is 36.3. The van der Waals surface area contributed by atoms with E-state index in [1.54, 1.807) is 6.07 Å². The van der Waals surface area contributed by atoms with E-state index in [-0.39, 0.29) is 28.1 Å². The SMILES string of the molecule is Cn1c(=O)n(-c2ccc(C[C@H](NC(=O)c3cc(F)c(NS(=O)(=O)c4ccccc4)cc3F)C(=O)OC3CCCCC3)nc2)c(=O)c2ccncc21. The Hall–Kier alpha value is -5.77. The van der Waals surface area contributed by atoms with Crippen LogP contribution in [0.5, 0.6) is 0 Å². The van der Waals surface area contributed by atoms with Crippen LogP contribution in [0.2, 0.25) is 0 Å². The lowest BCUT2D eigenvalue weighted by Gasteiger charge is -2.25. The van der Waals surface area contributed by atoms with E-state index in [1.165, 1.54) is 72.7 Å². The second-order valence-electron chi connectivity index (χ2n) is 12.0. The van der Waals surface area contributed by atoms with Gasteiger partial charge in [-0.25, -0.2) is 31.4 Å². The van der Waals surface area contributed by atoms with E-state index >= 15 is 8.78 Å². The van der Waals surface area contributed by atoms with Crippen molar-refractivity contribution < 1.29 is 31.5 Å². The molecule has 0 radical (unpaired) electrons. The van der Waals surface area contributed by atoms with Crippen LogP contribution in [0.25, 0.3) is 16.6 Å². The molecule has 6 rings (SSSR count). The summed E-state index contributed by atoms with van der Waals surface area (Å²) in [7, 11) is -2.77.